The second kappa shape index (κ2) is 8.60. The number of carboxylic acids is 1. The number of aliphatic hydroxyl groups is 1. The summed E-state index contributed by atoms with van der Waals surface area (Å²) in [6.45, 7) is -0.304. The first-order valence-electron chi connectivity index (χ1n) is 7.59. The molecule has 0 saturated carbocycles. The lowest BCUT2D eigenvalue weighted by Gasteiger charge is -2.16. The van der Waals surface area contributed by atoms with Crippen LogP contribution in [-0.2, 0) is 16.0 Å². The van der Waals surface area contributed by atoms with Gasteiger partial charge in [0, 0.05) is 5.69 Å². The maximum Gasteiger partial charge on any atom is 0.335 e. The van der Waals surface area contributed by atoms with Gasteiger partial charge in [-0.2, -0.15) is 0 Å². The molecule has 0 aliphatic heterocycles. The molecule has 2 amide bonds. The number of nitrogens with one attached hydrogen (secondary N) is 2. The fourth-order valence-corrected chi connectivity index (χ4v) is 2.19. The number of anilines is 1. The molecule has 1 atom stereocenters. The van der Waals surface area contributed by atoms with Crippen LogP contribution < -0.4 is 10.6 Å². The first kappa shape index (κ1) is 18.2. The molecule has 0 saturated heterocycles. The lowest BCUT2D eigenvalue weighted by atomic mass is 10.1. The van der Waals surface area contributed by atoms with E-state index >= 15 is 0 Å². The van der Waals surface area contributed by atoms with Crippen LogP contribution in [0.5, 0.6) is 0 Å². The van der Waals surface area contributed by atoms with Crippen LogP contribution >= 0.6 is 0 Å². The fourth-order valence-electron chi connectivity index (χ4n) is 2.19. The van der Waals surface area contributed by atoms with Gasteiger partial charge < -0.3 is 20.8 Å². The maximum atomic E-state index is 12.0. The molecule has 0 aromatic heterocycles. The fraction of sp³-hybridized carbons (Fsp3) is 0.167. The van der Waals surface area contributed by atoms with E-state index in [1.165, 1.54) is 24.3 Å². The van der Waals surface area contributed by atoms with Gasteiger partial charge >= 0.3 is 17.8 Å². The van der Waals surface area contributed by atoms with E-state index in [-0.39, 0.29) is 12.2 Å². The Morgan fingerprint density at radius 3 is 2.12 bits per heavy atom. The topological polar surface area (TPSA) is 116 Å². The highest BCUT2D eigenvalue weighted by Gasteiger charge is 2.18. The number of benzene rings is 2. The number of hydrogen-bond acceptors (Lipinski definition) is 4. The van der Waals surface area contributed by atoms with Crippen LogP contribution in [0.25, 0.3) is 0 Å². The minimum Gasteiger partial charge on any atom is -0.478 e. The Labute approximate surface area is 144 Å². The van der Waals surface area contributed by atoms with Crippen molar-refractivity contribution in [2.24, 2.45) is 0 Å². The predicted octanol–water partition coefficient (Wildman–Crippen LogP) is 1.04. The van der Waals surface area contributed by atoms with Crippen LogP contribution in [0.2, 0.25) is 0 Å². The number of aliphatic hydroxyl groups excluding tert-OH is 1. The molecule has 2 rings (SSSR count). The van der Waals surface area contributed by atoms with Gasteiger partial charge in [0.25, 0.3) is 0 Å². The molecule has 2 aromatic carbocycles. The zero-order valence-electron chi connectivity index (χ0n) is 13.3. The van der Waals surface area contributed by atoms with Crippen LogP contribution in [-0.4, -0.2) is 40.6 Å². The third-order valence-electron chi connectivity index (χ3n) is 3.48. The van der Waals surface area contributed by atoms with Crippen molar-refractivity contribution >= 4 is 23.5 Å². The Kier molecular flexibility index (Phi) is 6.25. The van der Waals surface area contributed by atoms with Gasteiger partial charge in [0.1, 0.15) is 0 Å². The summed E-state index contributed by atoms with van der Waals surface area (Å²) in [6, 6.07) is 14.1. The van der Waals surface area contributed by atoms with Crippen LogP contribution in [0.1, 0.15) is 15.9 Å². The van der Waals surface area contributed by atoms with E-state index < -0.39 is 23.8 Å². The van der Waals surface area contributed by atoms with E-state index in [0.717, 1.165) is 5.56 Å². The van der Waals surface area contributed by atoms with Crippen LogP contribution in [0.4, 0.5) is 5.69 Å². The van der Waals surface area contributed by atoms with Gasteiger partial charge in [-0.15, -0.1) is 0 Å². The van der Waals surface area contributed by atoms with E-state index in [1.807, 2.05) is 30.3 Å². The molecule has 0 aliphatic rings. The van der Waals surface area contributed by atoms with Crippen molar-refractivity contribution in [3.8, 4) is 0 Å². The summed E-state index contributed by atoms with van der Waals surface area (Å²) in [5.74, 6) is -2.85. The van der Waals surface area contributed by atoms with E-state index in [1.54, 1.807) is 0 Å². The summed E-state index contributed by atoms with van der Waals surface area (Å²) in [5, 5.41) is 23.1. The Morgan fingerprint density at radius 1 is 0.920 bits per heavy atom. The second-order valence-corrected chi connectivity index (χ2v) is 5.38. The standard InChI is InChI=1S/C18H18N2O5/c21-11-15(10-12-4-2-1-3-5-12)20-17(23)16(22)19-14-8-6-13(7-9-14)18(24)25/h1-9,15,21H,10-11H2,(H,19,22)(H,20,23)(H,24,25). The van der Waals surface area contributed by atoms with Crippen LogP contribution in [0, 0.1) is 0 Å². The van der Waals surface area contributed by atoms with Crippen molar-refractivity contribution in [1.29, 1.82) is 0 Å². The largest absolute Gasteiger partial charge is 0.478 e. The summed E-state index contributed by atoms with van der Waals surface area (Å²) in [7, 11) is 0. The molecule has 2 aromatic rings. The molecule has 25 heavy (non-hydrogen) atoms. The summed E-state index contributed by atoms with van der Waals surface area (Å²) in [4.78, 5) is 34.6. The number of hydrogen-bond donors (Lipinski definition) is 4. The Morgan fingerprint density at radius 2 is 1.56 bits per heavy atom. The molecule has 0 heterocycles. The molecule has 1 unspecified atom stereocenters. The maximum absolute atomic E-state index is 12.0. The smallest absolute Gasteiger partial charge is 0.335 e. The first-order valence-corrected chi connectivity index (χ1v) is 7.59. The molecule has 4 N–H and O–H groups in total. The zero-order valence-corrected chi connectivity index (χ0v) is 13.3. The average molecular weight is 342 g/mol. The van der Waals surface area contributed by atoms with Crippen molar-refractivity contribution in [2.75, 3.05) is 11.9 Å². The van der Waals surface area contributed by atoms with Crippen molar-refractivity contribution in [1.82, 2.24) is 5.32 Å². The molecule has 7 heteroatoms. The number of carbonyl (C=O) groups is 3. The van der Waals surface area contributed by atoms with Gasteiger partial charge in [0.05, 0.1) is 18.2 Å². The highest BCUT2D eigenvalue weighted by molar-refractivity contribution is 6.39. The van der Waals surface area contributed by atoms with Gasteiger partial charge in [-0.05, 0) is 36.2 Å². The molecule has 0 aliphatic carbocycles. The molecule has 7 nitrogen and oxygen atoms in total. The molecule has 0 fully saturated rings. The third kappa shape index (κ3) is 5.43. The van der Waals surface area contributed by atoms with E-state index in [2.05, 4.69) is 10.6 Å². The molecule has 130 valence electrons. The third-order valence-corrected chi connectivity index (χ3v) is 3.48. The monoisotopic (exact) mass is 342 g/mol. The highest BCUT2D eigenvalue weighted by atomic mass is 16.4. The van der Waals surface area contributed by atoms with Crippen molar-refractivity contribution < 1.29 is 24.6 Å². The molecule has 0 spiro atoms. The number of rotatable bonds is 6. The lowest BCUT2D eigenvalue weighted by Crippen LogP contribution is -2.44. The summed E-state index contributed by atoms with van der Waals surface area (Å²) >= 11 is 0. The quantitative estimate of drug-likeness (QED) is 0.586. The molecule has 0 radical (unpaired) electrons. The average Bonchev–Trinajstić information content (AvgIpc) is 2.62. The molecule has 0 bridgehead atoms. The minimum absolute atomic E-state index is 0.0747. The van der Waals surface area contributed by atoms with E-state index in [9.17, 15) is 19.5 Å². The van der Waals surface area contributed by atoms with Crippen molar-refractivity contribution in [3.63, 3.8) is 0 Å². The number of carbonyl (C=O) groups excluding carboxylic acids is 2. The first-order chi connectivity index (χ1) is 12.0. The Bertz CT molecular complexity index is 744. The van der Waals surface area contributed by atoms with Crippen molar-refractivity contribution in [2.45, 2.75) is 12.5 Å². The predicted molar refractivity (Wildman–Crippen MR) is 91.2 cm³/mol. The summed E-state index contributed by atoms with van der Waals surface area (Å²) < 4.78 is 0. The van der Waals surface area contributed by atoms with Crippen molar-refractivity contribution in [3.05, 3.63) is 65.7 Å². The van der Waals surface area contributed by atoms with Crippen LogP contribution in [0.3, 0.4) is 0 Å². The van der Waals surface area contributed by atoms with Crippen LogP contribution in [0.15, 0.2) is 54.6 Å². The minimum atomic E-state index is -1.08. The number of amides is 2. The Balaban J connectivity index is 1.92. The zero-order chi connectivity index (χ0) is 18.2. The van der Waals surface area contributed by atoms with E-state index in [4.69, 9.17) is 5.11 Å². The highest BCUT2D eigenvalue weighted by Crippen LogP contribution is 2.09. The summed E-state index contributed by atoms with van der Waals surface area (Å²) in [5.41, 5.74) is 1.30. The van der Waals surface area contributed by atoms with Gasteiger partial charge in [0.15, 0.2) is 0 Å². The van der Waals surface area contributed by atoms with Gasteiger partial charge in [0.2, 0.25) is 0 Å². The SMILES string of the molecule is O=C(Nc1ccc(C(=O)O)cc1)C(=O)NC(CO)Cc1ccccc1. The Hall–Kier alpha value is -3.19. The molecular formula is C18H18N2O5. The second-order valence-electron chi connectivity index (χ2n) is 5.38. The normalized spacial score (nSPS) is 11.4. The van der Waals surface area contributed by atoms with Gasteiger partial charge in [-0.3, -0.25) is 9.59 Å². The molecular weight excluding hydrogens is 324 g/mol. The van der Waals surface area contributed by atoms with Gasteiger partial charge in [-0.25, -0.2) is 4.79 Å². The van der Waals surface area contributed by atoms with Gasteiger partial charge in [-0.1, -0.05) is 30.3 Å². The lowest BCUT2D eigenvalue weighted by molar-refractivity contribution is -0.136. The number of aromatic carboxylic acids is 1. The van der Waals surface area contributed by atoms with E-state index in [0.29, 0.717) is 12.1 Å². The summed E-state index contributed by atoms with van der Waals surface area (Å²) in [6.07, 6.45) is 0.393. The number of carboxylic acid groups (broad SMARTS) is 1.